The van der Waals surface area contributed by atoms with E-state index in [1.54, 1.807) is 57.0 Å². The first-order chi connectivity index (χ1) is 12.7. The zero-order valence-corrected chi connectivity index (χ0v) is 16.1. The lowest BCUT2D eigenvalue weighted by atomic mass is 10.1. The third-order valence-electron chi connectivity index (χ3n) is 3.74. The quantitative estimate of drug-likeness (QED) is 0.414. The number of hydrogen-bond acceptors (Lipinski definition) is 8. The number of aromatic nitrogens is 2. The van der Waals surface area contributed by atoms with Crippen LogP contribution in [-0.2, 0) is 11.2 Å². The van der Waals surface area contributed by atoms with Gasteiger partial charge in [0.2, 0.25) is 5.75 Å². The van der Waals surface area contributed by atoms with Gasteiger partial charge in [0.05, 0.1) is 4.92 Å². The molecule has 0 N–H and O–H groups in total. The molecule has 0 amide bonds. The Balaban J connectivity index is 2.45. The Morgan fingerprint density at radius 3 is 2.00 bits per heavy atom. The smallest absolute Gasteiger partial charge is 0.311 e. The van der Waals surface area contributed by atoms with Gasteiger partial charge in [-0.2, -0.15) is 0 Å². The molecule has 0 fully saturated rings. The van der Waals surface area contributed by atoms with Crippen LogP contribution < -0.4 is 14.5 Å². The monoisotopic (exact) mass is 373 g/mol. The summed E-state index contributed by atoms with van der Waals surface area (Å²) in [6.45, 7) is 1.72. The van der Waals surface area contributed by atoms with Crippen LogP contribution in [0.25, 0.3) is 0 Å². The Hall–Kier alpha value is -3.23. The van der Waals surface area contributed by atoms with Crippen LogP contribution >= 0.6 is 0 Å². The van der Waals surface area contributed by atoms with Crippen LogP contribution in [0.3, 0.4) is 0 Å². The van der Waals surface area contributed by atoms with Crippen LogP contribution in [0.4, 0.5) is 17.3 Å². The molecule has 0 atom stereocenters. The molecule has 27 heavy (non-hydrogen) atoms. The summed E-state index contributed by atoms with van der Waals surface area (Å²) < 4.78 is 5.47. The van der Waals surface area contributed by atoms with Crippen LogP contribution in [0.15, 0.2) is 24.3 Å². The van der Waals surface area contributed by atoms with Crippen LogP contribution in [0.5, 0.6) is 5.75 Å². The van der Waals surface area contributed by atoms with Crippen molar-refractivity contribution >= 4 is 23.3 Å². The summed E-state index contributed by atoms with van der Waals surface area (Å²) in [5.41, 5.74) is 0.873. The molecule has 2 rings (SSSR count). The van der Waals surface area contributed by atoms with Crippen LogP contribution in [0.2, 0.25) is 0 Å². The highest BCUT2D eigenvalue weighted by atomic mass is 16.6. The normalized spacial score (nSPS) is 10.4. The van der Waals surface area contributed by atoms with Gasteiger partial charge in [-0.25, -0.2) is 9.97 Å². The van der Waals surface area contributed by atoms with Crippen molar-refractivity contribution in [2.45, 2.75) is 19.8 Å². The maximum Gasteiger partial charge on any atom is 0.311 e. The Morgan fingerprint density at radius 2 is 1.59 bits per heavy atom. The van der Waals surface area contributed by atoms with E-state index < -0.39 is 4.92 Å². The molecule has 0 spiro atoms. The van der Waals surface area contributed by atoms with Gasteiger partial charge in [0.15, 0.2) is 11.6 Å². The number of ether oxygens (including phenoxy) is 1. The fourth-order valence-electron chi connectivity index (χ4n) is 2.35. The van der Waals surface area contributed by atoms with E-state index >= 15 is 0 Å². The fourth-order valence-corrected chi connectivity index (χ4v) is 2.35. The van der Waals surface area contributed by atoms with Crippen molar-refractivity contribution in [1.29, 1.82) is 0 Å². The van der Waals surface area contributed by atoms with Crippen molar-refractivity contribution < 1.29 is 14.5 Å². The average molecular weight is 373 g/mol. The number of benzene rings is 1. The van der Waals surface area contributed by atoms with Crippen molar-refractivity contribution in [3.8, 4) is 5.75 Å². The Labute approximate surface area is 157 Å². The lowest BCUT2D eigenvalue weighted by molar-refractivity contribution is -0.384. The second-order valence-electron chi connectivity index (χ2n) is 6.33. The lowest BCUT2D eigenvalue weighted by Crippen LogP contribution is -2.21. The minimum Gasteiger partial charge on any atom is -0.419 e. The Kier molecular flexibility index (Phi) is 6.27. The molecular weight excluding hydrogens is 350 g/mol. The maximum absolute atomic E-state index is 11.8. The summed E-state index contributed by atoms with van der Waals surface area (Å²) in [5, 5.41) is 10.8. The van der Waals surface area contributed by atoms with Crippen molar-refractivity contribution in [3.05, 3.63) is 45.8 Å². The SMILES string of the molecule is CCC(=O)Oc1c(N(C)C)nc(Cc2ccc([N+](=O)[O-])cc2)nc1N(C)C. The van der Waals surface area contributed by atoms with Crippen molar-refractivity contribution in [2.75, 3.05) is 38.0 Å². The van der Waals surface area contributed by atoms with Crippen LogP contribution in [0, 0.1) is 10.1 Å². The van der Waals surface area contributed by atoms with E-state index in [0.29, 0.717) is 29.6 Å². The van der Waals surface area contributed by atoms with E-state index in [2.05, 4.69) is 9.97 Å². The molecule has 0 aliphatic heterocycles. The molecule has 1 aromatic carbocycles. The van der Waals surface area contributed by atoms with E-state index in [4.69, 9.17) is 4.74 Å². The molecule has 0 aliphatic carbocycles. The number of non-ortho nitro benzene ring substituents is 1. The van der Waals surface area contributed by atoms with Gasteiger partial charge in [-0.1, -0.05) is 19.1 Å². The van der Waals surface area contributed by atoms with Gasteiger partial charge in [-0.05, 0) is 5.56 Å². The first-order valence-corrected chi connectivity index (χ1v) is 8.42. The molecule has 0 radical (unpaired) electrons. The summed E-state index contributed by atoms with van der Waals surface area (Å²) in [4.78, 5) is 34.8. The average Bonchev–Trinajstić information content (AvgIpc) is 2.62. The third kappa shape index (κ3) is 4.90. The molecular formula is C18H23N5O4. The first-order valence-electron chi connectivity index (χ1n) is 8.42. The number of carbonyl (C=O) groups is 1. The second kappa shape index (κ2) is 8.43. The van der Waals surface area contributed by atoms with E-state index in [-0.39, 0.29) is 18.1 Å². The van der Waals surface area contributed by atoms with E-state index in [1.165, 1.54) is 12.1 Å². The van der Waals surface area contributed by atoms with Gasteiger partial charge in [-0.15, -0.1) is 0 Å². The molecule has 0 saturated heterocycles. The number of nitro benzene ring substituents is 1. The largest absolute Gasteiger partial charge is 0.419 e. The maximum atomic E-state index is 11.8. The standard InChI is InChI=1S/C18H23N5O4/c1-6-15(24)27-16-17(21(2)3)19-14(20-18(16)22(4)5)11-12-7-9-13(10-8-12)23(25)26/h7-10H,6,11H2,1-5H3. The topological polar surface area (TPSA) is 102 Å². The molecule has 0 unspecified atom stereocenters. The number of anilines is 2. The predicted octanol–water partition coefficient (Wildman–Crippen LogP) is 2.42. The summed E-state index contributed by atoms with van der Waals surface area (Å²) in [6.07, 6.45) is 0.631. The van der Waals surface area contributed by atoms with Crippen molar-refractivity contribution in [2.24, 2.45) is 0 Å². The second-order valence-corrected chi connectivity index (χ2v) is 6.33. The van der Waals surface area contributed by atoms with Crippen LogP contribution in [-0.4, -0.2) is 49.1 Å². The predicted molar refractivity (Wildman–Crippen MR) is 103 cm³/mol. The van der Waals surface area contributed by atoms with Gasteiger partial charge < -0.3 is 14.5 Å². The molecule has 9 heteroatoms. The number of carbonyl (C=O) groups excluding carboxylic acids is 1. The molecule has 0 bridgehead atoms. The summed E-state index contributed by atoms with van der Waals surface area (Å²) in [5.74, 6) is 1.45. The van der Waals surface area contributed by atoms with Crippen molar-refractivity contribution in [1.82, 2.24) is 9.97 Å². The minimum absolute atomic E-state index is 0.0319. The highest BCUT2D eigenvalue weighted by molar-refractivity contribution is 5.77. The molecule has 144 valence electrons. The summed E-state index contributed by atoms with van der Waals surface area (Å²) in [6, 6.07) is 6.26. The number of nitro groups is 1. The third-order valence-corrected chi connectivity index (χ3v) is 3.74. The van der Waals surface area contributed by atoms with E-state index in [1.807, 2.05) is 0 Å². The number of rotatable bonds is 7. The minimum atomic E-state index is -0.439. The van der Waals surface area contributed by atoms with Crippen LogP contribution in [0.1, 0.15) is 24.7 Å². The lowest BCUT2D eigenvalue weighted by Gasteiger charge is -2.22. The van der Waals surface area contributed by atoms with Crippen molar-refractivity contribution in [3.63, 3.8) is 0 Å². The summed E-state index contributed by atoms with van der Waals surface area (Å²) >= 11 is 0. The Morgan fingerprint density at radius 1 is 1.07 bits per heavy atom. The Bertz CT molecular complexity index is 805. The van der Waals surface area contributed by atoms with E-state index in [9.17, 15) is 14.9 Å². The highest BCUT2D eigenvalue weighted by Gasteiger charge is 2.21. The first kappa shape index (κ1) is 20.1. The molecule has 9 nitrogen and oxygen atoms in total. The number of esters is 1. The number of hydrogen-bond donors (Lipinski definition) is 0. The van der Waals surface area contributed by atoms with Gasteiger partial charge >= 0.3 is 5.97 Å². The molecule has 1 heterocycles. The molecule has 0 saturated carbocycles. The zero-order valence-electron chi connectivity index (χ0n) is 16.1. The fraction of sp³-hybridized carbons (Fsp3) is 0.389. The highest BCUT2D eigenvalue weighted by Crippen LogP contribution is 2.34. The summed E-state index contributed by atoms with van der Waals surface area (Å²) in [7, 11) is 7.23. The van der Waals surface area contributed by atoms with E-state index in [0.717, 1.165) is 5.56 Å². The van der Waals surface area contributed by atoms with Gasteiger partial charge in [0.25, 0.3) is 5.69 Å². The zero-order chi connectivity index (χ0) is 20.1. The number of nitrogens with zero attached hydrogens (tertiary/aromatic N) is 5. The molecule has 0 aliphatic rings. The molecule has 2 aromatic rings. The van der Waals surface area contributed by atoms with Gasteiger partial charge in [0.1, 0.15) is 5.82 Å². The molecule has 1 aromatic heterocycles. The van der Waals surface area contributed by atoms with Gasteiger partial charge in [-0.3, -0.25) is 14.9 Å². The van der Waals surface area contributed by atoms with Gasteiger partial charge in [0, 0.05) is 53.2 Å².